The molecule has 0 bridgehead atoms. The van der Waals surface area contributed by atoms with Gasteiger partial charge in [-0.15, -0.1) is 0 Å². The number of benzene rings is 2. The summed E-state index contributed by atoms with van der Waals surface area (Å²) in [6.45, 7) is 10.1. The van der Waals surface area contributed by atoms with E-state index >= 15 is 0 Å². The monoisotopic (exact) mass is 422 g/mol. The van der Waals surface area contributed by atoms with Gasteiger partial charge in [0.15, 0.2) is 0 Å². The molecule has 0 saturated heterocycles. The number of halogens is 1. The first-order valence-electron chi connectivity index (χ1n) is 9.21. The summed E-state index contributed by atoms with van der Waals surface area (Å²) in [5.41, 5.74) is 1.58. The third-order valence-corrected chi connectivity index (χ3v) is 6.24. The van der Waals surface area contributed by atoms with E-state index in [1.54, 1.807) is 18.2 Å². The Morgan fingerprint density at radius 1 is 0.964 bits per heavy atom. The Balaban J connectivity index is 2.20. The molecule has 2 aromatic rings. The van der Waals surface area contributed by atoms with Crippen molar-refractivity contribution in [1.29, 1.82) is 0 Å². The third kappa shape index (κ3) is 5.49. The number of aryl methyl sites for hydroxylation is 1. The van der Waals surface area contributed by atoms with Crippen LogP contribution in [0.25, 0.3) is 0 Å². The number of hydrogen-bond donors (Lipinski definition) is 2. The lowest BCUT2D eigenvalue weighted by Gasteiger charge is -2.26. The molecule has 0 aliphatic rings. The summed E-state index contributed by atoms with van der Waals surface area (Å²) in [7, 11) is -3.76. The number of sulfonamides is 1. The number of amides is 1. The highest BCUT2D eigenvalue weighted by Crippen LogP contribution is 2.26. The highest BCUT2D eigenvalue weighted by molar-refractivity contribution is 7.92. The summed E-state index contributed by atoms with van der Waals surface area (Å²) < 4.78 is 27.5. The molecule has 0 unspecified atom stereocenters. The van der Waals surface area contributed by atoms with Crippen LogP contribution < -0.4 is 10.0 Å². The van der Waals surface area contributed by atoms with Gasteiger partial charge in [0.2, 0.25) is 0 Å². The molecule has 2 rings (SSSR count). The van der Waals surface area contributed by atoms with E-state index in [1.807, 2.05) is 6.92 Å². The number of nitrogens with one attached hydrogen (secondary N) is 2. The Kier molecular flexibility index (Phi) is 7.12. The van der Waals surface area contributed by atoms with Crippen LogP contribution in [0.4, 0.5) is 5.69 Å². The van der Waals surface area contributed by atoms with E-state index in [-0.39, 0.29) is 27.6 Å². The zero-order valence-corrected chi connectivity index (χ0v) is 18.4. The van der Waals surface area contributed by atoms with E-state index in [4.69, 9.17) is 11.6 Å². The molecule has 5 nitrogen and oxygen atoms in total. The predicted octanol–water partition coefficient (Wildman–Crippen LogP) is 4.86. The van der Waals surface area contributed by atoms with E-state index in [1.165, 1.54) is 24.3 Å². The second-order valence-electron chi connectivity index (χ2n) is 7.60. The molecule has 0 spiro atoms. The molecule has 0 heterocycles. The zero-order valence-electron chi connectivity index (χ0n) is 16.8. The van der Waals surface area contributed by atoms with E-state index in [2.05, 4.69) is 37.7 Å². The van der Waals surface area contributed by atoms with E-state index in [9.17, 15) is 13.2 Å². The predicted molar refractivity (Wildman–Crippen MR) is 114 cm³/mol. The van der Waals surface area contributed by atoms with Gasteiger partial charge < -0.3 is 5.32 Å². The molecule has 0 fully saturated rings. The first-order chi connectivity index (χ1) is 13.0. The first-order valence-corrected chi connectivity index (χ1v) is 11.1. The Morgan fingerprint density at radius 3 is 2.04 bits per heavy atom. The number of hydrogen-bond acceptors (Lipinski definition) is 3. The first kappa shape index (κ1) is 22.2. The van der Waals surface area contributed by atoms with Crippen molar-refractivity contribution in [3.05, 3.63) is 58.6 Å². The lowest BCUT2D eigenvalue weighted by molar-refractivity contribution is 0.0910. The van der Waals surface area contributed by atoms with Crippen LogP contribution in [0.2, 0.25) is 5.02 Å². The van der Waals surface area contributed by atoms with Crippen molar-refractivity contribution in [2.75, 3.05) is 4.72 Å². The minimum atomic E-state index is -3.76. The quantitative estimate of drug-likeness (QED) is 0.669. The smallest absolute Gasteiger partial charge is 0.261 e. The van der Waals surface area contributed by atoms with Gasteiger partial charge in [0.1, 0.15) is 0 Å². The molecular weight excluding hydrogens is 396 g/mol. The third-order valence-electron chi connectivity index (χ3n) is 4.54. The molecule has 0 aromatic heterocycles. The topological polar surface area (TPSA) is 75.3 Å². The van der Waals surface area contributed by atoms with Gasteiger partial charge >= 0.3 is 0 Å². The summed E-state index contributed by atoms with van der Waals surface area (Å²) in [6.07, 6.45) is 0. The van der Waals surface area contributed by atoms with Crippen molar-refractivity contribution in [1.82, 2.24) is 5.32 Å². The SMILES string of the molecule is Cc1ccc(S(=O)(=O)Nc2ccc(C(=O)NC(C(C)C)C(C)C)cc2Cl)cc1. The molecule has 0 saturated carbocycles. The Morgan fingerprint density at radius 2 is 1.54 bits per heavy atom. The van der Waals surface area contributed by atoms with Crippen LogP contribution in [-0.2, 0) is 10.0 Å². The Bertz CT molecular complexity index is 931. The summed E-state index contributed by atoms with van der Waals surface area (Å²) in [5.74, 6) is 0.349. The summed E-state index contributed by atoms with van der Waals surface area (Å²) in [4.78, 5) is 12.7. The minimum absolute atomic E-state index is 0.0333. The lowest BCUT2D eigenvalue weighted by atomic mass is 9.93. The summed E-state index contributed by atoms with van der Waals surface area (Å²) in [5, 5.41) is 3.18. The average molecular weight is 423 g/mol. The van der Waals surface area contributed by atoms with Gasteiger partial charge in [0, 0.05) is 11.6 Å². The fourth-order valence-electron chi connectivity index (χ4n) is 3.00. The van der Waals surface area contributed by atoms with Crippen molar-refractivity contribution in [2.24, 2.45) is 11.8 Å². The van der Waals surface area contributed by atoms with Crippen LogP contribution in [0.5, 0.6) is 0 Å². The number of anilines is 1. The van der Waals surface area contributed by atoms with E-state index in [0.717, 1.165) is 5.56 Å². The standard InChI is InChI=1S/C21H27ClN2O3S/c1-13(2)20(14(3)4)23-21(25)16-8-11-19(18(22)12-16)24-28(26,27)17-9-6-15(5)7-10-17/h6-14,20,24H,1-5H3,(H,23,25). The minimum Gasteiger partial charge on any atom is -0.349 e. The largest absolute Gasteiger partial charge is 0.349 e. The molecule has 152 valence electrons. The van der Waals surface area contributed by atoms with Crippen LogP contribution in [0, 0.1) is 18.8 Å². The van der Waals surface area contributed by atoms with Crippen LogP contribution in [-0.4, -0.2) is 20.4 Å². The maximum atomic E-state index is 12.6. The fraction of sp³-hybridized carbons (Fsp3) is 0.381. The molecule has 0 aliphatic carbocycles. The average Bonchev–Trinajstić information content (AvgIpc) is 2.60. The van der Waals surface area contributed by atoms with E-state index < -0.39 is 10.0 Å². The normalized spacial score (nSPS) is 11.9. The maximum absolute atomic E-state index is 12.6. The van der Waals surface area contributed by atoms with Crippen LogP contribution >= 0.6 is 11.6 Å². The molecule has 7 heteroatoms. The van der Waals surface area contributed by atoms with Crippen molar-refractivity contribution < 1.29 is 13.2 Å². The van der Waals surface area contributed by atoms with Crippen molar-refractivity contribution in [2.45, 2.75) is 45.6 Å². The van der Waals surface area contributed by atoms with Gasteiger partial charge in [-0.2, -0.15) is 0 Å². The van der Waals surface area contributed by atoms with Gasteiger partial charge in [-0.3, -0.25) is 9.52 Å². The van der Waals surface area contributed by atoms with E-state index in [0.29, 0.717) is 17.4 Å². The molecule has 0 radical (unpaired) electrons. The van der Waals surface area contributed by atoms with Crippen LogP contribution in [0.15, 0.2) is 47.4 Å². The highest BCUT2D eigenvalue weighted by Gasteiger charge is 2.21. The van der Waals surface area contributed by atoms with Gasteiger partial charge in [0.25, 0.3) is 15.9 Å². The van der Waals surface area contributed by atoms with Crippen molar-refractivity contribution in [3.63, 3.8) is 0 Å². The molecule has 1 amide bonds. The zero-order chi connectivity index (χ0) is 21.1. The molecular formula is C21H27ClN2O3S. The van der Waals surface area contributed by atoms with Crippen molar-refractivity contribution in [3.8, 4) is 0 Å². The summed E-state index contributed by atoms with van der Waals surface area (Å²) >= 11 is 6.25. The van der Waals surface area contributed by atoms with Gasteiger partial charge in [0.05, 0.1) is 15.6 Å². The molecule has 2 N–H and O–H groups in total. The fourth-order valence-corrected chi connectivity index (χ4v) is 4.36. The molecule has 28 heavy (non-hydrogen) atoms. The molecule has 0 aliphatic heterocycles. The Hall–Kier alpha value is -2.05. The van der Waals surface area contributed by atoms with Gasteiger partial charge in [-0.05, 0) is 49.1 Å². The van der Waals surface area contributed by atoms with Gasteiger partial charge in [-0.25, -0.2) is 8.42 Å². The molecule has 0 atom stereocenters. The van der Waals surface area contributed by atoms with Crippen LogP contribution in [0.1, 0.15) is 43.6 Å². The number of rotatable bonds is 7. The van der Waals surface area contributed by atoms with Crippen LogP contribution in [0.3, 0.4) is 0 Å². The highest BCUT2D eigenvalue weighted by atomic mass is 35.5. The van der Waals surface area contributed by atoms with Crippen molar-refractivity contribution >= 4 is 33.2 Å². The summed E-state index contributed by atoms with van der Waals surface area (Å²) in [6, 6.07) is 11.1. The van der Waals surface area contributed by atoms with Gasteiger partial charge in [-0.1, -0.05) is 57.0 Å². The second kappa shape index (κ2) is 8.97. The Labute approximate surface area is 172 Å². The number of carbonyl (C=O) groups is 1. The maximum Gasteiger partial charge on any atom is 0.261 e. The molecule has 2 aromatic carbocycles. The number of carbonyl (C=O) groups excluding carboxylic acids is 1. The second-order valence-corrected chi connectivity index (χ2v) is 9.69. The lowest BCUT2D eigenvalue weighted by Crippen LogP contribution is -2.42.